The molecule has 3 rings (SSSR count). The number of carbonyl (C=O) groups is 1. The molecular weight excluding hydrogens is 362 g/mol. The van der Waals surface area contributed by atoms with Crippen LogP contribution in [0.25, 0.3) is 11.3 Å². The first-order chi connectivity index (χ1) is 12.8. The molecule has 2 aromatic carbocycles. The average molecular weight is 381 g/mol. The molecule has 1 amide bonds. The topological polar surface area (TPSA) is 85.1 Å². The number of nitrogens with one attached hydrogen (secondary N) is 1. The third-order valence-electron chi connectivity index (χ3n) is 4.39. The molecule has 0 saturated carbocycles. The van der Waals surface area contributed by atoms with Crippen molar-refractivity contribution in [2.24, 2.45) is 0 Å². The number of aryl methyl sites for hydroxylation is 3. The minimum Gasteiger partial charge on any atom is -0.302 e. The Bertz CT molecular complexity index is 1030. The smallest absolute Gasteiger partial charge is 0.272 e. The summed E-state index contributed by atoms with van der Waals surface area (Å²) in [4.78, 5) is 27.4. The lowest BCUT2D eigenvalue weighted by Crippen LogP contribution is -2.14. The molecule has 1 aromatic heterocycles. The number of nitro groups is 1. The van der Waals surface area contributed by atoms with Gasteiger partial charge in [0, 0.05) is 22.6 Å². The molecule has 0 aliphatic rings. The molecule has 3 aromatic rings. The Labute approximate surface area is 161 Å². The van der Waals surface area contributed by atoms with Crippen LogP contribution in [0.15, 0.2) is 41.8 Å². The summed E-state index contributed by atoms with van der Waals surface area (Å²) in [5.74, 6) is -0.144. The predicted octanol–water partition coefficient (Wildman–Crippen LogP) is 4.82. The third kappa shape index (κ3) is 4.38. The van der Waals surface area contributed by atoms with Gasteiger partial charge in [-0.1, -0.05) is 30.3 Å². The lowest BCUT2D eigenvalue weighted by atomic mass is 10.0. The minimum absolute atomic E-state index is 0.0563. The number of thiazole rings is 1. The number of aromatic nitrogens is 1. The van der Waals surface area contributed by atoms with Crippen molar-refractivity contribution < 1.29 is 9.72 Å². The highest BCUT2D eigenvalue weighted by Gasteiger charge is 2.14. The molecule has 6 nitrogen and oxygen atoms in total. The summed E-state index contributed by atoms with van der Waals surface area (Å²) in [6.07, 6.45) is 0.270. The zero-order chi connectivity index (χ0) is 19.6. The first kappa shape index (κ1) is 18.7. The fourth-order valence-corrected chi connectivity index (χ4v) is 3.43. The molecule has 138 valence electrons. The maximum atomic E-state index is 12.3. The Balaban J connectivity index is 1.72. The van der Waals surface area contributed by atoms with E-state index >= 15 is 0 Å². The number of anilines is 1. The Morgan fingerprint density at radius 3 is 2.56 bits per heavy atom. The molecule has 0 unspecified atom stereocenters. The van der Waals surface area contributed by atoms with Gasteiger partial charge in [-0.25, -0.2) is 4.98 Å². The van der Waals surface area contributed by atoms with Crippen LogP contribution >= 0.6 is 11.3 Å². The molecule has 0 radical (unpaired) electrons. The van der Waals surface area contributed by atoms with E-state index in [0.29, 0.717) is 22.0 Å². The summed E-state index contributed by atoms with van der Waals surface area (Å²) in [5, 5.41) is 16.2. The highest BCUT2D eigenvalue weighted by atomic mass is 32.1. The molecule has 0 aliphatic heterocycles. The van der Waals surface area contributed by atoms with Gasteiger partial charge in [0.1, 0.15) is 0 Å². The molecule has 27 heavy (non-hydrogen) atoms. The second-order valence-electron chi connectivity index (χ2n) is 6.44. The van der Waals surface area contributed by atoms with Gasteiger partial charge in [0.05, 0.1) is 17.0 Å². The average Bonchev–Trinajstić information content (AvgIpc) is 3.06. The first-order valence-corrected chi connectivity index (χ1v) is 9.28. The predicted molar refractivity (Wildman–Crippen MR) is 107 cm³/mol. The summed E-state index contributed by atoms with van der Waals surface area (Å²) in [7, 11) is 0. The van der Waals surface area contributed by atoms with Crippen molar-refractivity contribution in [1.82, 2.24) is 4.98 Å². The SMILES string of the molecule is Cc1ccc(CC(=O)Nc2nc(-c3ccc(C)c([N+](=O)[O-])c3)cs2)cc1C. The summed E-state index contributed by atoms with van der Waals surface area (Å²) >= 11 is 1.29. The van der Waals surface area contributed by atoms with Crippen LogP contribution in [0.3, 0.4) is 0 Å². The van der Waals surface area contributed by atoms with E-state index in [-0.39, 0.29) is 18.0 Å². The van der Waals surface area contributed by atoms with Crippen LogP contribution in [0.5, 0.6) is 0 Å². The van der Waals surface area contributed by atoms with Crippen LogP contribution in [-0.2, 0) is 11.2 Å². The van der Waals surface area contributed by atoms with E-state index in [4.69, 9.17) is 0 Å². The van der Waals surface area contributed by atoms with Gasteiger partial charge in [-0.3, -0.25) is 14.9 Å². The maximum Gasteiger partial charge on any atom is 0.272 e. The fourth-order valence-electron chi connectivity index (χ4n) is 2.69. The molecule has 1 heterocycles. The standard InChI is InChI=1S/C20H19N3O3S/c1-12-4-6-15(8-14(12)3)9-19(24)22-20-21-17(11-27-20)16-7-5-13(2)18(10-16)23(25)26/h4-8,10-11H,9H2,1-3H3,(H,21,22,24). The zero-order valence-corrected chi connectivity index (χ0v) is 16.1. The van der Waals surface area contributed by atoms with Gasteiger partial charge in [0.25, 0.3) is 5.69 Å². The Hall–Kier alpha value is -3.06. The van der Waals surface area contributed by atoms with Gasteiger partial charge in [-0.15, -0.1) is 11.3 Å². The quantitative estimate of drug-likeness (QED) is 0.507. The van der Waals surface area contributed by atoms with Crippen molar-refractivity contribution in [3.8, 4) is 11.3 Å². The molecule has 1 N–H and O–H groups in total. The fraction of sp³-hybridized carbons (Fsp3) is 0.200. The molecule has 0 spiro atoms. The summed E-state index contributed by atoms with van der Waals surface area (Å²) in [5.41, 5.74) is 5.19. The summed E-state index contributed by atoms with van der Waals surface area (Å²) in [6, 6.07) is 11.0. The van der Waals surface area contributed by atoms with Gasteiger partial charge >= 0.3 is 0 Å². The lowest BCUT2D eigenvalue weighted by Gasteiger charge is -2.05. The second kappa shape index (κ2) is 7.67. The number of hydrogen-bond acceptors (Lipinski definition) is 5. The van der Waals surface area contributed by atoms with E-state index in [0.717, 1.165) is 11.1 Å². The molecule has 0 atom stereocenters. The Kier molecular flexibility index (Phi) is 5.32. The molecule has 0 aliphatic carbocycles. The van der Waals surface area contributed by atoms with Crippen molar-refractivity contribution in [3.63, 3.8) is 0 Å². The number of hydrogen-bond donors (Lipinski definition) is 1. The number of rotatable bonds is 5. The summed E-state index contributed by atoms with van der Waals surface area (Å²) in [6.45, 7) is 5.75. The van der Waals surface area contributed by atoms with Crippen LogP contribution in [-0.4, -0.2) is 15.8 Å². The van der Waals surface area contributed by atoms with Crippen LogP contribution in [0.4, 0.5) is 10.8 Å². The first-order valence-electron chi connectivity index (χ1n) is 8.40. The highest BCUT2D eigenvalue weighted by molar-refractivity contribution is 7.14. The van der Waals surface area contributed by atoms with Crippen molar-refractivity contribution in [2.75, 3.05) is 5.32 Å². The monoisotopic (exact) mass is 381 g/mol. The maximum absolute atomic E-state index is 12.3. The number of amides is 1. The van der Waals surface area contributed by atoms with Crippen LogP contribution in [0.1, 0.15) is 22.3 Å². The number of nitro benzene ring substituents is 1. The third-order valence-corrected chi connectivity index (χ3v) is 5.15. The van der Waals surface area contributed by atoms with Crippen molar-refractivity contribution >= 4 is 28.1 Å². The lowest BCUT2D eigenvalue weighted by molar-refractivity contribution is -0.385. The van der Waals surface area contributed by atoms with Crippen molar-refractivity contribution in [3.05, 3.63) is 74.1 Å². The highest BCUT2D eigenvalue weighted by Crippen LogP contribution is 2.29. The van der Waals surface area contributed by atoms with Gasteiger partial charge in [0.2, 0.25) is 5.91 Å². The van der Waals surface area contributed by atoms with Gasteiger partial charge in [-0.05, 0) is 37.5 Å². The second-order valence-corrected chi connectivity index (χ2v) is 7.30. The van der Waals surface area contributed by atoms with Crippen LogP contribution < -0.4 is 5.32 Å². The number of carbonyl (C=O) groups excluding carboxylic acids is 1. The zero-order valence-electron chi connectivity index (χ0n) is 15.3. The number of benzene rings is 2. The van der Waals surface area contributed by atoms with Crippen molar-refractivity contribution in [1.29, 1.82) is 0 Å². The van der Waals surface area contributed by atoms with Gasteiger partial charge < -0.3 is 5.32 Å². The van der Waals surface area contributed by atoms with Gasteiger partial charge in [0.15, 0.2) is 5.13 Å². The summed E-state index contributed by atoms with van der Waals surface area (Å²) < 4.78 is 0. The molecular formula is C20H19N3O3S. The van der Waals surface area contributed by atoms with Crippen molar-refractivity contribution in [2.45, 2.75) is 27.2 Å². The molecule has 7 heteroatoms. The van der Waals surface area contributed by atoms with Crippen LogP contribution in [0.2, 0.25) is 0 Å². The molecule has 0 fully saturated rings. The van der Waals surface area contributed by atoms with E-state index in [1.807, 2.05) is 32.0 Å². The largest absolute Gasteiger partial charge is 0.302 e. The van der Waals surface area contributed by atoms with E-state index in [1.54, 1.807) is 24.4 Å². The van der Waals surface area contributed by atoms with E-state index in [9.17, 15) is 14.9 Å². The Morgan fingerprint density at radius 2 is 1.85 bits per heavy atom. The van der Waals surface area contributed by atoms with E-state index in [1.165, 1.54) is 23.0 Å². The molecule has 0 saturated heterocycles. The van der Waals surface area contributed by atoms with Gasteiger partial charge in [-0.2, -0.15) is 0 Å². The number of nitrogens with zero attached hydrogens (tertiary/aromatic N) is 2. The molecule has 0 bridgehead atoms. The van der Waals surface area contributed by atoms with Crippen LogP contribution in [0, 0.1) is 30.9 Å². The Morgan fingerprint density at radius 1 is 1.11 bits per heavy atom. The van der Waals surface area contributed by atoms with E-state index in [2.05, 4.69) is 10.3 Å². The minimum atomic E-state index is -0.405. The normalized spacial score (nSPS) is 10.6. The van der Waals surface area contributed by atoms with E-state index < -0.39 is 4.92 Å².